The van der Waals surface area contributed by atoms with Crippen LogP contribution in [0.4, 0.5) is 11.4 Å². The van der Waals surface area contributed by atoms with E-state index in [0.717, 1.165) is 27.5 Å². The Morgan fingerprint density at radius 1 is 0.900 bits per heavy atom. The fourth-order valence-corrected chi connectivity index (χ4v) is 3.17. The summed E-state index contributed by atoms with van der Waals surface area (Å²) in [5.41, 5.74) is 14.7. The molecule has 1 unspecified atom stereocenters. The number of hydrogen-bond donors (Lipinski definition) is 3. The van der Waals surface area contributed by atoms with Crippen LogP contribution in [0.1, 0.15) is 20.3 Å². The number of amides is 1. The fourth-order valence-electron chi connectivity index (χ4n) is 3.17. The van der Waals surface area contributed by atoms with E-state index >= 15 is 0 Å². The van der Waals surface area contributed by atoms with Crippen LogP contribution >= 0.6 is 0 Å². The zero-order chi connectivity index (χ0) is 21.5. The molecule has 2 heterocycles. The first-order valence-corrected chi connectivity index (χ1v) is 9.95. The molecule has 5 N–H and O–H groups in total. The molecule has 0 spiro atoms. The lowest BCUT2D eigenvalue weighted by atomic mass is 10.0. The monoisotopic (exact) mass is 401 g/mol. The van der Waals surface area contributed by atoms with Crippen LogP contribution in [0.2, 0.25) is 0 Å². The standard InChI is InChI=1S/C15H19N3O.C9H8N2/c1-10(2)9-12(16)15(19)18-13-7-3-5-11-6-4-8-17-14(11)13;10-8-5-1-3-7-4-2-6-11-9(7)8/h3-8,10,12H,9,16H2,1-2H3,(H,18,19);1-6H,10H2. The molecule has 0 radical (unpaired) electrons. The number of nitrogens with zero attached hydrogens (tertiary/aromatic N) is 2. The van der Waals surface area contributed by atoms with Gasteiger partial charge >= 0.3 is 0 Å². The van der Waals surface area contributed by atoms with E-state index < -0.39 is 6.04 Å². The Morgan fingerprint density at radius 2 is 1.47 bits per heavy atom. The minimum Gasteiger partial charge on any atom is -0.397 e. The zero-order valence-electron chi connectivity index (χ0n) is 17.2. The Balaban J connectivity index is 0.000000196. The number of anilines is 2. The summed E-state index contributed by atoms with van der Waals surface area (Å²) in [4.78, 5) is 20.5. The van der Waals surface area contributed by atoms with E-state index in [1.165, 1.54) is 0 Å². The number of fused-ring (bicyclic) bond motifs is 2. The molecule has 6 nitrogen and oxygen atoms in total. The number of rotatable bonds is 4. The molecular formula is C24H27N5O. The van der Waals surface area contributed by atoms with E-state index in [1.54, 1.807) is 12.4 Å². The molecule has 1 atom stereocenters. The zero-order valence-corrected chi connectivity index (χ0v) is 17.2. The summed E-state index contributed by atoms with van der Waals surface area (Å²) in [6.07, 6.45) is 4.13. The fraction of sp³-hybridized carbons (Fsp3) is 0.208. The van der Waals surface area contributed by atoms with Crippen molar-refractivity contribution in [2.24, 2.45) is 11.7 Å². The molecule has 0 fully saturated rings. The molecule has 0 bridgehead atoms. The molecule has 6 heteroatoms. The molecule has 30 heavy (non-hydrogen) atoms. The second-order valence-corrected chi connectivity index (χ2v) is 7.53. The van der Waals surface area contributed by atoms with E-state index in [0.29, 0.717) is 18.0 Å². The molecule has 154 valence electrons. The summed E-state index contributed by atoms with van der Waals surface area (Å²) in [6, 6.07) is 18.7. The van der Waals surface area contributed by atoms with Crippen LogP contribution in [0.5, 0.6) is 0 Å². The van der Waals surface area contributed by atoms with Gasteiger partial charge in [-0.05, 0) is 36.6 Å². The molecule has 1 amide bonds. The Hall–Kier alpha value is -3.51. The van der Waals surface area contributed by atoms with Crippen molar-refractivity contribution in [2.75, 3.05) is 11.1 Å². The average molecular weight is 402 g/mol. The maximum Gasteiger partial charge on any atom is 0.241 e. The summed E-state index contributed by atoms with van der Waals surface area (Å²) in [5.74, 6) is 0.234. The normalized spacial score (nSPS) is 11.7. The summed E-state index contributed by atoms with van der Waals surface area (Å²) >= 11 is 0. The van der Waals surface area contributed by atoms with Gasteiger partial charge < -0.3 is 16.8 Å². The van der Waals surface area contributed by atoms with Crippen LogP contribution < -0.4 is 16.8 Å². The maximum absolute atomic E-state index is 12.0. The van der Waals surface area contributed by atoms with Gasteiger partial charge in [0.1, 0.15) is 0 Å². The SMILES string of the molecule is CC(C)CC(N)C(=O)Nc1cccc2cccnc12.Nc1cccc2cccnc12. The molecule has 0 saturated carbocycles. The summed E-state index contributed by atoms with van der Waals surface area (Å²) in [6.45, 7) is 4.10. The van der Waals surface area contributed by atoms with Crippen molar-refractivity contribution >= 4 is 39.1 Å². The van der Waals surface area contributed by atoms with Crippen LogP contribution in [0.15, 0.2) is 73.1 Å². The number of benzene rings is 2. The van der Waals surface area contributed by atoms with Crippen LogP contribution in [-0.4, -0.2) is 21.9 Å². The highest BCUT2D eigenvalue weighted by Crippen LogP contribution is 2.21. The van der Waals surface area contributed by atoms with Gasteiger partial charge in [0.15, 0.2) is 0 Å². The van der Waals surface area contributed by atoms with Crippen LogP contribution in [0, 0.1) is 5.92 Å². The van der Waals surface area contributed by atoms with Crippen molar-refractivity contribution in [3.63, 3.8) is 0 Å². The Bertz CT molecular complexity index is 1130. The first-order chi connectivity index (χ1) is 14.5. The van der Waals surface area contributed by atoms with Crippen molar-refractivity contribution in [2.45, 2.75) is 26.3 Å². The second-order valence-electron chi connectivity index (χ2n) is 7.53. The number of aromatic nitrogens is 2. The number of nitrogen functional groups attached to an aromatic ring is 1. The van der Waals surface area contributed by atoms with E-state index in [4.69, 9.17) is 11.5 Å². The van der Waals surface area contributed by atoms with Gasteiger partial charge in [0.2, 0.25) is 5.91 Å². The molecule has 4 aromatic rings. The molecule has 0 aliphatic rings. The highest BCUT2D eigenvalue weighted by molar-refractivity contribution is 6.02. The van der Waals surface area contributed by atoms with Gasteiger partial charge in [-0.2, -0.15) is 0 Å². The number of carbonyl (C=O) groups excluding carboxylic acids is 1. The number of nitrogens with two attached hydrogens (primary N) is 2. The molecule has 0 aliphatic carbocycles. The second kappa shape index (κ2) is 9.80. The topological polar surface area (TPSA) is 107 Å². The van der Waals surface area contributed by atoms with Gasteiger partial charge in [0.25, 0.3) is 0 Å². The van der Waals surface area contributed by atoms with Crippen molar-refractivity contribution in [1.29, 1.82) is 0 Å². The minimum atomic E-state index is -0.487. The first-order valence-electron chi connectivity index (χ1n) is 9.95. The molecule has 2 aromatic carbocycles. The van der Waals surface area contributed by atoms with Crippen LogP contribution in [0.3, 0.4) is 0 Å². The highest BCUT2D eigenvalue weighted by Gasteiger charge is 2.16. The van der Waals surface area contributed by atoms with E-state index in [-0.39, 0.29) is 5.91 Å². The van der Waals surface area contributed by atoms with Crippen molar-refractivity contribution in [3.8, 4) is 0 Å². The number of hydrogen-bond acceptors (Lipinski definition) is 5. The average Bonchev–Trinajstić information content (AvgIpc) is 2.74. The third-order valence-corrected chi connectivity index (χ3v) is 4.62. The third-order valence-electron chi connectivity index (χ3n) is 4.62. The van der Waals surface area contributed by atoms with Gasteiger partial charge in [-0.15, -0.1) is 0 Å². The quantitative estimate of drug-likeness (QED) is 0.440. The van der Waals surface area contributed by atoms with Gasteiger partial charge in [0.05, 0.1) is 28.5 Å². The number of para-hydroxylation sites is 2. The van der Waals surface area contributed by atoms with Gasteiger partial charge in [0, 0.05) is 23.2 Å². The largest absolute Gasteiger partial charge is 0.397 e. The highest BCUT2D eigenvalue weighted by atomic mass is 16.2. The van der Waals surface area contributed by atoms with E-state index in [1.807, 2.05) is 74.5 Å². The Labute approximate surface area is 176 Å². The number of carbonyl (C=O) groups is 1. The Kier molecular flexibility index (Phi) is 6.93. The van der Waals surface area contributed by atoms with E-state index in [2.05, 4.69) is 15.3 Å². The molecule has 0 aliphatic heterocycles. The molecular weight excluding hydrogens is 374 g/mol. The maximum atomic E-state index is 12.0. The lowest BCUT2D eigenvalue weighted by Crippen LogP contribution is -2.36. The first kappa shape index (κ1) is 21.2. The minimum absolute atomic E-state index is 0.160. The molecule has 0 saturated heterocycles. The van der Waals surface area contributed by atoms with Crippen LogP contribution in [-0.2, 0) is 4.79 Å². The lowest BCUT2D eigenvalue weighted by Gasteiger charge is -2.14. The van der Waals surface area contributed by atoms with Gasteiger partial charge in [-0.1, -0.05) is 50.2 Å². The van der Waals surface area contributed by atoms with Crippen LogP contribution in [0.25, 0.3) is 21.8 Å². The number of nitrogens with one attached hydrogen (secondary N) is 1. The summed E-state index contributed by atoms with van der Waals surface area (Å²) in [7, 11) is 0. The summed E-state index contributed by atoms with van der Waals surface area (Å²) in [5, 5.41) is 4.95. The van der Waals surface area contributed by atoms with E-state index in [9.17, 15) is 4.79 Å². The third kappa shape index (κ3) is 5.30. The molecule has 4 rings (SSSR count). The predicted octanol–water partition coefficient (Wildman–Crippen LogP) is 4.36. The van der Waals surface area contributed by atoms with Crippen molar-refractivity contribution in [3.05, 3.63) is 73.1 Å². The van der Waals surface area contributed by atoms with Gasteiger partial charge in [-0.25, -0.2) is 0 Å². The number of pyridine rings is 2. The smallest absolute Gasteiger partial charge is 0.241 e. The molecule has 2 aromatic heterocycles. The lowest BCUT2D eigenvalue weighted by molar-refractivity contribution is -0.117. The predicted molar refractivity (Wildman–Crippen MR) is 124 cm³/mol. The summed E-state index contributed by atoms with van der Waals surface area (Å²) < 4.78 is 0. The van der Waals surface area contributed by atoms with Crippen molar-refractivity contribution < 1.29 is 4.79 Å². The Morgan fingerprint density at radius 3 is 2.10 bits per heavy atom. The van der Waals surface area contributed by atoms with Crippen molar-refractivity contribution in [1.82, 2.24) is 9.97 Å². The van der Waals surface area contributed by atoms with Gasteiger partial charge in [-0.3, -0.25) is 14.8 Å².